The normalized spacial score (nSPS) is 20.8. The first kappa shape index (κ1) is 23.8. The lowest BCUT2D eigenvalue weighted by molar-refractivity contribution is -0.275. The predicted octanol–water partition coefficient (Wildman–Crippen LogP) is 8.55. The van der Waals surface area contributed by atoms with Crippen LogP contribution in [0.25, 0.3) is 11.1 Å². The Balaban J connectivity index is 1.42. The highest BCUT2D eigenvalue weighted by Gasteiger charge is 2.32. The lowest BCUT2D eigenvalue weighted by atomic mass is 9.78. The summed E-state index contributed by atoms with van der Waals surface area (Å²) >= 11 is 0. The van der Waals surface area contributed by atoms with Gasteiger partial charge in [0.25, 0.3) is 0 Å². The van der Waals surface area contributed by atoms with Gasteiger partial charge in [-0.1, -0.05) is 68.9 Å². The van der Waals surface area contributed by atoms with E-state index in [-0.39, 0.29) is 11.1 Å². The monoisotopic (exact) mass is 464 g/mol. The van der Waals surface area contributed by atoms with E-state index in [1.54, 1.807) is 6.07 Å². The standard InChI is InChI=1S/C27H29F5O/c1-2-17-3-5-18(6-4-17)7-8-19-9-12-22-20(15-19)10-13-23(26(22)29)21-11-14-25(24(28)16-21)33-27(30,31)32/h9-11,13-14,16-18H,2-8,12,15H2,1H3. The average molecular weight is 465 g/mol. The zero-order chi connectivity index (χ0) is 23.6. The highest BCUT2D eigenvalue weighted by molar-refractivity contribution is 5.67. The van der Waals surface area contributed by atoms with Crippen LogP contribution in [0.4, 0.5) is 22.0 Å². The molecule has 0 saturated heterocycles. The molecule has 33 heavy (non-hydrogen) atoms. The maximum absolute atomic E-state index is 15.3. The summed E-state index contributed by atoms with van der Waals surface area (Å²) in [5, 5.41) is 0. The Labute approximate surface area is 191 Å². The molecule has 0 radical (unpaired) electrons. The fourth-order valence-electron chi connectivity index (χ4n) is 5.22. The molecule has 0 amide bonds. The van der Waals surface area contributed by atoms with Crippen LogP contribution in [0, 0.1) is 23.5 Å². The molecule has 2 aliphatic carbocycles. The summed E-state index contributed by atoms with van der Waals surface area (Å²) in [6.07, 6.45) is 7.09. The van der Waals surface area contributed by atoms with Gasteiger partial charge in [0.2, 0.25) is 0 Å². The summed E-state index contributed by atoms with van der Waals surface area (Å²) in [7, 11) is 0. The number of ether oxygens (including phenoxy) is 1. The van der Waals surface area contributed by atoms with Crippen LogP contribution in [0.5, 0.6) is 5.75 Å². The molecular formula is C27H29F5O. The van der Waals surface area contributed by atoms with Gasteiger partial charge < -0.3 is 4.74 Å². The molecule has 2 aromatic rings. The van der Waals surface area contributed by atoms with Crippen molar-refractivity contribution in [2.45, 2.75) is 71.1 Å². The first-order chi connectivity index (χ1) is 15.7. The molecule has 0 heterocycles. The van der Waals surface area contributed by atoms with Gasteiger partial charge in [0.15, 0.2) is 11.6 Å². The fraction of sp³-hybridized carbons (Fsp3) is 0.481. The average Bonchev–Trinajstić information content (AvgIpc) is 2.79. The Morgan fingerprint density at radius 1 is 0.970 bits per heavy atom. The number of halogens is 5. The molecule has 4 rings (SSSR count). The van der Waals surface area contributed by atoms with E-state index >= 15 is 4.39 Å². The smallest absolute Gasteiger partial charge is 0.403 e. The summed E-state index contributed by atoms with van der Waals surface area (Å²) in [6, 6.07) is 6.44. The highest BCUT2D eigenvalue weighted by Crippen LogP contribution is 2.37. The van der Waals surface area contributed by atoms with E-state index in [1.165, 1.54) is 50.2 Å². The number of alkyl halides is 3. The lowest BCUT2D eigenvalue weighted by Gasteiger charge is -2.28. The van der Waals surface area contributed by atoms with Gasteiger partial charge >= 0.3 is 6.36 Å². The summed E-state index contributed by atoms with van der Waals surface area (Å²) in [6.45, 7) is 2.27. The summed E-state index contributed by atoms with van der Waals surface area (Å²) in [4.78, 5) is 0. The van der Waals surface area contributed by atoms with Crippen LogP contribution < -0.4 is 4.74 Å². The van der Waals surface area contributed by atoms with Gasteiger partial charge in [0, 0.05) is 5.56 Å². The van der Waals surface area contributed by atoms with Gasteiger partial charge in [-0.15, -0.1) is 13.2 Å². The number of hydrogen-bond donors (Lipinski definition) is 0. The van der Waals surface area contributed by atoms with E-state index in [0.717, 1.165) is 36.0 Å². The van der Waals surface area contributed by atoms with E-state index in [0.29, 0.717) is 18.4 Å². The molecule has 2 aliphatic rings. The van der Waals surface area contributed by atoms with E-state index in [9.17, 15) is 17.6 Å². The number of allylic oxidation sites excluding steroid dienone is 2. The third-order valence-electron chi connectivity index (χ3n) is 7.24. The van der Waals surface area contributed by atoms with Crippen LogP contribution in [0.15, 0.2) is 42.0 Å². The predicted molar refractivity (Wildman–Crippen MR) is 119 cm³/mol. The quantitative estimate of drug-likeness (QED) is 0.307. The largest absolute Gasteiger partial charge is 0.573 e. The minimum Gasteiger partial charge on any atom is -0.403 e. The number of benzene rings is 2. The Morgan fingerprint density at radius 3 is 2.36 bits per heavy atom. The van der Waals surface area contributed by atoms with Gasteiger partial charge in [-0.3, -0.25) is 0 Å². The molecule has 0 aliphatic heterocycles. The third-order valence-corrected chi connectivity index (χ3v) is 7.24. The van der Waals surface area contributed by atoms with Gasteiger partial charge in [0.1, 0.15) is 5.82 Å². The maximum Gasteiger partial charge on any atom is 0.573 e. The summed E-state index contributed by atoms with van der Waals surface area (Å²) in [5.41, 5.74) is 3.21. The number of fused-ring (bicyclic) bond motifs is 1. The van der Waals surface area contributed by atoms with E-state index in [1.807, 2.05) is 6.07 Å². The fourth-order valence-corrected chi connectivity index (χ4v) is 5.22. The Kier molecular flexibility index (Phi) is 7.10. The van der Waals surface area contributed by atoms with Crippen LogP contribution in [-0.2, 0) is 12.8 Å². The van der Waals surface area contributed by atoms with Crippen molar-refractivity contribution in [3.63, 3.8) is 0 Å². The molecular weight excluding hydrogens is 435 g/mol. The zero-order valence-corrected chi connectivity index (χ0v) is 18.8. The third kappa shape index (κ3) is 5.77. The van der Waals surface area contributed by atoms with Crippen LogP contribution in [0.1, 0.15) is 63.0 Å². The molecule has 0 unspecified atom stereocenters. The van der Waals surface area contributed by atoms with Gasteiger partial charge in [0.05, 0.1) is 0 Å². The van der Waals surface area contributed by atoms with Crippen molar-refractivity contribution in [2.24, 2.45) is 11.8 Å². The molecule has 178 valence electrons. The second kappa shape index (κ2) is 9.86. The van der Waals surface area contributed by atoms with Gasteiger partial charge in [-0.25, -0.2) is 8.78 Å². The highest BCUT2D eigenvalue weighted by atomic mass is 19.4. The second-order valence-corrected chi connectivity index (χ2v) is 9.33. The van der Waals surface area contributed by atoms with Crippen molar-refractivity contribution >= 4 is 0 Å². The van der Waals surface area contributed by atoms with Crippen LogP contribution in [-0.4, -0.2) is 6.36 Å². The van der Waals surface area contributed by atoms with Gasteiger partial charge in [-0.2, -0.15) is 0 Å². The Hall–Kier alpha value is -2.37. The second-order valence-electron chi connectivity index (χ2n) is 9.33. The molecule has 1 saturated carbocycles. The molecule has 0 bridgehead atoms. The van der Waals surface area contributed by atoms with Crippen LogP contribution >= 0.6 is 0 Å². The summed E-state index contributed by atoms with van der Waals surface area (Å²) < 4.78 is 70.1. The van der Waals surface area contributed by atoms with Gasteiger partial charge in [-0.05, 0) is 66.3 Å². The van der Waals surface area contributed by atoms with Crippen LogP contribution in [0.3, 0.4) is 0 Å². The molecule has 6 heteroatoms. The van der Waals surface area contributed by atoms with E-state index in [4.69, 9.17) is 0 Å². The minimum atomic E-state index is -4.99. The molecule has 1 nitrogen and oxygen atoms in total. The van der Waals surface area contributed by atoms with E-state index < -0.39 is 23.7 Å². The van der Waals surface area contributed by atoms with E-state index in [2.05, 4.69) is 17.7 Å². The summed E-state index contributed by atoms with van der Waals surface area (Å²) in [5.74, 6) is -0.878. The molecule has 2 aromatic carbocycles. The first-order valence-electron chi connectivity index (χ1n) is 11.8. The van der Waals surface area contributed by atoms with Crippen molar-refractivity contribution in [1.29, 1.82) is 0 Å². The van der Waals surface area contributed by atoms with Crippen molar-refractivity contribution in [3.05, 3.63) is 64.7 Å². The van der Waals surface area contributed by atoms with Crippen molar-refractivity contribution in [2.75, 3.05) is 0 Å². The first-order valence-corrected chi connectivity index (χ1v) is 11.8. The lowest BCUT2D eigenvalue weighted by Crippen LogP contribution is -2.17. The molecule has 0 spiro atoms. The maximum atomic E-state index is 15.3. The topological polar surface area (TPSA) is 9.23 Å². The number of rotatable bonds is 6. The van der Waals surface area contributed by atoms with Crippen molar-refractivity contribution < 1.29 is 26.7 Å². The number of hydrogen-bond acceptors (Lipinski definition) is 1. The Bertz CT molecular complexity index is 1020. The van der Waals surface area contributed by atoms with Crippen molar-refractivity contribution in [3.8, 4) is 16.9 Å². The molecule has 1 fully saturated rings. The SMILES string of the molecule is CCC1CCC(CCC2=CCc3c(ccc(-c4ccc(OC(F)(F)F)c(F)c4)c3F)C2)CC1. The zero-order valence-electron chi connectivity index (χ0n) is 18.8. The van der Waals surface area contributed by atoms with Crippen LogP contribution in [0.2, 0.25) is 0 Å². The minimum absolute atomic E-state index is 0.177. The molecule has 0 N–H and O–H groups in total. The molecule has 0 aromatic heterocycles. The molecule has 0 atom stereocenters. The Morgan fingerprint density at radius 2 is 1.70 bits per heavy atom. The van der Waals surface area contributed by atoms with Crippen molar-refractivity contribution in [1.82, 2.24) is 0 Å².